The highest BCUT2D eigenvalue weighted by atomic mass is 28.3. The maximum atomic E-state index is 2.44. The molecule has 0 unspecified atom stereocenters. The van der Waals surface area contributed by atoms with Gasteiger partial charge in [-0.05, 0) is 0 Å². The summed E-state index contributed by atoms with van der Waals surface area (Å²) in [5.74, 6) is 0. The largest absolute Gasteiger partial charge is 0.0776 e. The van der Waals surface area contributed by atoms with Gasteiger partial charge in [0, 0.05) is 25.7 Å². The van der Waals surface area contributed by atoms with Crippen molar-refractivity contribution in [2.75, 3.05) is 0 Å². The number of hydrogen-bond acceptors (Lipinski definition) is 0. The molecule has 0 heterocycles. The van der Waals surface area contributed by atoms with E-state index in [-0.39, 0.29) is 29.7 Å². The van der Waals surface area contributed by atoms with E-state index in [0.29, 0.717) is 9.52 Å². The first-order valence-electron chi connectivity index (χ1n) is 8.16. The summed E-state index contributed by atoms with van der Waals surface area (Å²) in [6.45, 7) is 23.5. The van der Waals surface area contributed by atoms with Gasteiger partial charge in [-0.25, -0.2) is 0 Å². The van der Waals surface area contributed by atoms with Gasteiger partial charge in [0.05, 0.1) is 0 Å². The van der Waals surface area contributed by atoms with Crippen molar-refractivity contribution in [2.24, 2.45) is 0 Å². The van der Waals surface area contributed by atoms with Gasteiger partial charge in [0.15, 0.2) is 0 Å². The van der Waals surface area contributed by atoms with E-state index in [1.54, 1.807) is 0 Å². The molecule has 0 aliphatic heterocycles. The van der Waals surface area contributed by atoms with Gasteiger partial charge in [0.25, 0.3) is 0 Å². The van der Waals surface area contributed by atoms with Gasteiger partial charge >= 0.3 is 0 Å². The molecule has 0 rings (SSSR count). The van der Waals surface area contributed by atoms with Crippen LogP contribution in [0.5, 0.6) is 0 Å². The van der Waals surface area contributed by atoms with Crippen LogP contribution >= 0.6 is 0 Å². The molecule has 0 aromatic heterocycles. The Bertz CT molecular complexity index is 125. The molecule has 0 aromatic carbocycles. The second-order valence-corrected chi connectivity index (χ2v) is 20.2. The van der Waals surface area contributed by atoms with Crippen LogP contribution in [-0.4, -0.2) is 25.7 Å². The van der Waals surface area contributed by atoms with Crippen LogP contribution in [0.2, 0.25) is 63.0 Å². The molecular weight excluding hydrogens is 312 g/mol. The zero-order valence-corrected chi connectivity index (χ0v) is 18.7. The van der Waals surface area contributed by atoms with Gasteiger partial charge in [-0.2, -0.15) is 0 Å². The molecule has 22 heavy (non-hydrogen) atoms. The van der Waals surface area contributed by atoms with Crippen molar-refractivity contribution in [2.45, 2.75) is 127 Å². The third-order valence-corrected chi connectivity index (χ3v) is 13.0. The first kappa shape index (κ1) is 43.3. The maximum absolute atomic E-state index is 2.44. The molecule has 0 atom stereocenters. The number of hydrogen-bond donors (Lipinski definition) is 0. The molecule has 0 nitrogen and oxygen atoms in total. The van der Waals surface area contributed by atoms with Crippen LogP contribution in [0.25, 0.3) is 0 Å². The first-order valence-corrected chi connectivity index (χ1v) is 17.4. The Labute approximate surface area is 153 Å². The Morgan fingerprint density at radius 2 is 0.682 bits per heavy atom. The highest BCUT2D eigenvalue weighted by Crippen LogP contribution is 2.12. The zero-order chi connectivity index (χ0) is 15.2. The molecular formula is C19H58Si3. The average Bonchev–Trinajstić information content (AvgIpc) is 2.39. The summed E-state index contributed by atoms with van der Waals surface area (Å²) in [5, 5.41) is 0. The molecule has 0 amide bonds. The number of rotatable bonds is 5. The molecule has 0 spiro atoms. The molecule has 0 saturated carbocycles. The smallest absolute Gasteiger partial charge is 0.0468 e. The van der Waals surface area contributed by atoms with Crippen LogP contribution in [0.4, 0.5) is 0 Å². The van der Waals surface area contributed by atoms with Crippen LogP contribution in [0.3, 0.4) is 0 Å². The van der Waals surface area contributed by atoms with Crippen molar-refractivity contribution >= 4 is 25.7 Å². The SMILES string of the molecule is C.C.C.C.CC[SiH2]C.CC[Si](C)(C)CC.CC[Si](C)(C)CC. The normalized spacial score (nSPS) is 9.55. The quantitative estimate of drug-likeness (QED) is 0.424. The highest BCUT2D eigenvalue weighted by Gasteiger charge is 2.13. The average molecular weight is 371 g/mol. The molecule has 0 aromatic rings. The predicted molar refractivity (Wildman–Crippen MR) is 129 cm³/mol. The second-order valence-electron chi connectivity index (χ2n) is 6.74. The Balaban J connectivity index is -0.0000000290. The Hall–Kier alpha value is 0.651. The minimum Gasteiger partial charge on any atom is -0.0776 e. The fourth-order valence-corrected chi connectivity index (χ4v) is 1.50. The van der Waals surface area contributed by atoms with Gasteiger partial charge in [-0.3, -0.25) is 0 Å². The zero-order valence-electron chi connectivity index (χ0n) is 15.2. The molecule has 0 bridgehead atoms. The Morgan fingerprint density at radius 1 is 0.545 bits per heavy atom. The van der Waals surface area contributed by atoms with Crippen molar-refractivity contribution < 1.29 is 0 Å². The minimum atomic E-state index is -0.651. The fraction of sp³-hybridized carbons (Fsp3) is 1.00. The summed E-state index contributed by atoms with van der Waals surface area (Å²) >= 11 is 0. The van der Waals surface area contributed by atoms with E-state index in [4.69, 9.17) is 0 Å². The lowest BCUT2D eigenvalue weighted by molar-refractivity contribution is 1.25. The highest BCUT2D eigenvalue weighted by molar-refractivity contribution is 6.77. The van der Waals surface area contributed by atoms with E-state index >= 15 is 0 Å². The molecule has 0 aliphatic carbocycles. The predicted octanol–water partition coefficient (Wildman–Crippen LogP) is 8.66. The molecule has 0 N–H and O–H groups in total. The lowest BCUT2D eigenvalue weighted by atomic mass is 10.9. The molecule has 0 radical (unpaired) electrons. The van der Waals surface area contributed by atoms with Crippen molar-refractivity contribution in [1.82, 2.24) is 0 Å². The topological polar surface area (TPSA) is 0 Å². The van der Waals surface area contributed by atoms with E-state index in [9.17, 15) is 0 Å². The molecule has 3 heteroatoms. The Kier molecular flexibility index (Phi) is 52.3. The van der Waals surface area contributed by atoms with Gasteiger partial charge < -0.3 is 0 Å². The summed E-state index contributed by atoms with van der Waals surface area (Å²) in [5.41, 5.74) is 0. The van der Waals surface area contributed by atoms with Crippen LogP contribution in [0.15, 0.2) is 0 Å². The lowest BCUT2D eigenvalue weighted by Gasteiger charge is -2.15. The van der Waals surface area contributed by atoms with Gasteiger partial charge in [-0.15, -0.1) is 0 Å². The maximum Gasteiger partial charge on any atom is 0.0468 e. The third kappa shape index (κ3) is 42.8. The van der Waals surface area contributed by atoms with Crippen molar-refractivity contribution in [1.29, 1.82) is 0 Å². The summed E-state index contributed by atoms with van der Waals surface area (Å²) in [7, 11) is -0.878. The van der Waals surface area contributed by atoms with E-state index < -0.39 is 16.1 Å². The van der Waals surface area contributed by atoms with Gasteiger partial charge in [0.1, 0.15) is 0 Å². The van der Waals surface area contributed by atoms with Crippen molar-refractivity contribution in [3.05, 3.63) is 0 Å². The summed E-state index contributed by atoms with van der Waals surface area (Å²) < 4.78 is 0. The standard InChI is InChI=1S/2C6H16Si.C3H10Si.4CH4/c2*1-5-7(3,4)6-2;1-3-4-2;;;;/h2*5-6H2,1-4H3;3-4H2,1-2H3;4*1H4. The third-order valence-electron chi connectivity index (χ3n) is 4.33. The van der Waals surface area contributed by atoms with Crippen LogP contribution in [0.1, 0.15) is 64.3 Å². The van der Waals surface area contributed by atoms with E-state index in [2.05, 4.69) is 67.4 Å². The lowest BCUT2D eigenvalue weighted by Crippen LogP contribution is -2.21. The van der Waals surface area contributed by atoms with E-state index in [1.165, 1.54) is 30.2 Å². The van der Waals surface area contributed by atoms with E-state index in [1.807, 2.05) is 0 Å². The second kappa shape index (κ2) is 26.5. The van der Waals surface area contributed by atoms with Crippen molar-refractivity contribution in [3.8, 4) is 0 Å². The van der Waals surface area contributed by atoms with E-state index in [0.717, 1.165) is 0 Å². The summed E-state index contributed by atoms with van der Waals surface area (Å²) in [4.78, 5) is 0. The molecule has 0 aliphatic rings. The summed E-state index contributed by atoms with van der Waals surface area (Å²) in [6.07, 6.45) is 0. The summed E-state index contributed by atoms with van der Waals surface area (Å²) in [6, 6.07) is 7.19. The monoisotopic (exact) mass is 370 g/mol. The van der Waals surface area contributed by atoms with Crippen molar-refractivity contribution in [3.63, 3.8) is 0 Å². The van der Waals surface area contributed by atoms with Crippen LogP contribution < -0.4 is 0 Å². The van der Waals surface area contributed by atoms with Crippen LogP contribution in [0, 0.1) is 0 Å². The molecule has 146 valence electrons. The minimum absolute atomic E-state index is 0. The fourth-order valence-electron chi connectivity index (χ4n) is 0.500. The Morgan fingerprint density at radius 3 is 0.682 bits per heavy atom. The first-order chi connectivity index (χ1) is 8.16. The molecule has 0 saturated heterocycles. The molecule has 0 fully saturated rings. The van der Waals surface area contributed by atoms with Gasteiger partial charge in [0.2, 0.25) is 0 Å². The van der Waals surface area contributed by atoms with Crippen LogP contribution in [-0.2, 0) is 0 Å². The van der Waals surface area contributed by atoms with Gasteiger partial charge in [-0.1, -0.05) is 127 Å².